The van der Waals surface area contributed by atoms with Crippen molar-refractivity contribution in [1.82, 2.24) is 5.01 Å². The molecule has 1 aliphatic heterocycles. The van der Waals surface area contributed by atoms with Crippen LogP contribution in [0.15, 0.2) is 23.8 Å². The topological polar surface area (TPSA) is 119 Å². The van der Waals surface area contributed by atoms with Crippen molar-refractivity contribution in [2.75, 3.05) is 12.4 Å². The highest BCUT2D eigenvalue weighted by Crippen LogP contribution is 2.29. The summed E-state index contributed by atoms with van der Waals surface area (Å²) in [7, 11) is 0. The number of aliphatic hydroxyl groups excluding tert-OH is 1. The Morgan fingerprint density at radius 1 is 1.41 bits per heavy atom. The number of halogens is 1. The number of nitrogens with zero attached hydrogens (tertiary/aromatic N) is 1. The number of rotatable bonds is 7. The lowest BCUT2D eigenvalue weighted by atomic mass is 10.1. The van der Waals surface area contributed by atoms with Crippen LogP contribution < -0.4 is 16.3 Å². The lowest BCUT2D eigenvalue weighted by molar-refractivity contribution is -0.150. The number of hydrogen-bond donors (Lipinski definition) is 3. The third-order valence-electron chi connectivity index (χ3n) is 3.98. The molecule has 0 aliphatic carbocycles. The monoisotopic (exact) mass is 413 g/mol. The quantitative estimate of drug-likeness (QED) is 0.352. The molecule has 1 aromatic rings. The molecule has 0 bridgehead atoms. The van der Waals surface area contributed by atoms with E-state index in [1.807, 2.05) is 13.8 Å². The van der Waals surface area contributed by atoms with Crippen LogP contribution in [0.2, 0.25) is 5.02 Å². The second kappa shape index (κ2) is 9.57. The molecule has 2 rings (SSSR count). The Kier molecular flexibility index (Phi) is 7.69. The van der Waals surface area contributed by atoms with E-state index in [2.05, 4.69) is 0 Å². The Morgan fingerprint density at radius 2 is 2.11 bits per heavy atom. The Bertz CT molecular complexity index is 741. The first-order valence-electron chi connectivity index (χ1n) is 8.52. The minimum atomic E-state index is -1.56. The molecule has 5 N–H and O–H groups in total. The Balaban J connectivity index is 2.02. The summed E-state index contributed by atoms with van der Waals surface area (Å²) in [4.78, 5) is 24.8. The number of hydrazine groups is 1. The van der Waals surface area contributed by atoms with Crippen LogP contribution >= 0.6 is 23.4 Å². The minimum absolute atomic E-state index is 0.0401. The first kappa shape index (κ1) is 21.7. The molecule has 0 saturated carbocycles. The number of benzene rings is 1. The van der Waals surface area contributed by atoms with Gasteiger partial charge in [0.1, 0.15) is 18.5 Å². The van der Waals surface area contributed by atoms with Crippen molar-refractivity contribution >= 4 is 41.3 Å². The van der Waals surface area contributed by atoms with Gasteiger partial charge in [0.15, 0.2) is 0 Å². The fraction of sp³-hybridized carbons (Fsp3) is 0.444. The van der Waals surface area contributed by atoms with E-state index in [0.717, 1.165) is 0 Å². The summed E-state index contributed by atoms with van der Waals surface area (Å²) in [6.45, 7) is 4.05. The van der Waals surface area contributed by atoms with Gasteiger partial charge in [-0.05, 0) is 41.7 Å². The zero-order chi connectivity index (χ0) is 20.1. The predicted molar refractivity (Wildman–Crippen MR) is 107 cm³/mol. The van der Waals surface area contributed by atoms with Crippen molar-refractivity contribution < 1.29 is 19.4 Å². The smallest absolute Gasteiger partial charge is 0.274 e. The lowest BCUT2D eigenvalue weighted by Crippen LogP contribution is -2.54. The zero-order valence-electron chi connectivity index (χ0n) is 15.2. The predicted octanol–water partition coefficient (Wildman–Crippen LogP) is 1.56. The molecule has 1 aromatic carbocycles. The van der Waals surface area contributed by atoms with Gasteiger partial charge >= 0.3 is 0 Å². The fourth-order valence-corrected chi connectivity index (χ4v) is 3.51. The van der Waals surface area contributed by atoms with Gasteiger partial charge in [0.05, 0.1) is 5.57 Å². The number of fused-ring (bicyclic) bond motifs is 1. The highest BCUT2D eigenvalue weighted by atomic mass is 35.5. The number of aliphatic hydroxyl groups is 1. The summed E-state index contributed by atoms with van der Waals surface area (Å²) in [6, 6.07) is 4.20. The van der Waals surface area contributed by atoms with Gasteiger partial charge < -0.3 is 15.6 Å². The van der Waals surface area contributed by atoms with Crippen LogP contribution in [0.1, 0.15) is 25.8 Å². The van der Waals surface area contributed by atoms with Gasteiger partial charge in [0.25, 0.3) is 11.8 Å². The van der Waals surface area contributed by atoms with E-state index in [1.165, 1.54) is 0 Å². The first-order chi connectivity index (χ1) is 12.7. The van der Waals surface area contributed by atoms with Crippen LogP contribution in [0, 0.1) is 0 Å². The van der Waals surface area contributed by atoms with Gasteiger partial charge in [-0.15, -0.1) is 0 Å². The Morgan fingerprint density at radius 3 is 2.78 bits per heavy atom. The van der Waals surface area contributed by atoms with Crippen LogP contribution in [-0.4, -0.2) is 51.7 Å². The summed E-state index contributed by atoms with van der Waals surface area (Å²) in [5.41, 5.74) is 6.66. The minimum Gasteiger partial charge on any atom is -0.488 e. The zero-order valence-corrected chi connectivity index (χ0v) is 16.8. The fourth-order valence-electron chi connectivity index (χ4n) is 2.45. The maximum absolute atomic E-state index is 12.5. The first-order valence-corrected chi connectivity index (χ1v) is 9.94. The van der Waals surface area contributed by atoms with Crippen LogP contribution in [0.3, 0.4) is 0 Å². The van der Waals surface area contributed by atoms with E-state index in [0.29, 0.717) is 38.8 Å². The molecule has 1 heterocycles. The molecule has 0 aromatic heterocycles. The molecule has 0 saturated heterocycles. The van der Waals surface area contributed by atoms with E-state index in [-0.39, 0.29) is 12.2 Å². The summed E-state index contributed by atoms with van der Waals surface area (Å²) in [6.07, 6.45) is 0.430. The van der Waals surface area contributed by atoms with Crippen molar-refractivity contribution in [3.05, 3.63) is 34.4 Å². The van der Waals surface area contributed by atoms with Crippen molar-refractivity contribution in [3.63, 3.8) is 0 Å². The van der Waals surface area contributed by atoms with Crippen molar-refractivity contribution in [2.45, 2.75) is 37.7 Å². The van der Waals surface area contributed by atoms with E-state index >= 15 is 0 Å². The molecular weight excluding hydrogens is 390 g/mol. The average Bonchev–Trinajstić information content (AvgIpc) is 2.64. The molecular formula is C18H24ClN3O4S. The maximum atomic E-state index is 12.5. The third-order valence-corrected chi connectivity index (χ3v) is 5.35. The largest absolute Gasteiger partial charge is 0.488 e. The molecule has 0 spiro atoms. The molecule has 27 heavy (non-hydrogen) atoms. The molecule has 7 nitrogen and oxygen atoms in total. The molecule has 0 fully saturated rings. The number of thioether (sulfide) groups is 1. The maximum Gasteiger partial charge on any atom is 0.274 e. The summed E-state index contributed by atoms with van der Waals surface area (Å²) in [5, 5.41) is 11.4. The highest BCUT2D eigenvalue weighted by Gasteiger charge is 2.32. The van der Waals surface area contributed by atoms with Gasteiger partial charge in [-0.3, -0.25) is 9.59 Å². The summed E-state index contributed by atoms with van der Waals surface area (Å²) in [5.74, 6) is 5.22. The molecule has 1 unspecified atom stereocenters. The van der Waals surface area contributed by atoms with E-state index in [9.17, 15) is 14.7 Å². The van der Waals surface area contributed by atoms with Crippen molar-refractivity contribution in [3.8, 4) is 5.75 Å². The van der Waals surface area contributed by atoms with Gasteiger partial charge in [-0.1, -0.05) is 25.4 Å². The Labute approximate surface area is 167 Å². The normalized spacial score (nSPS) is 15.4. The Hall–Kier alpha value is -1.58. The average molecular weight is 414 g/mol. The number of carbonyl (C=O) groups is 2. The second-order valence-corrected chi connectivity index (χ2v) is 8.59. The van der Waals surface area contributed by atoms with Gasteiger partial charge in [0, 0.05) is 16.6 Å². The second-order valence-electron chi connectivity index (χ2n) is 6.47. The molecule has 2 atom stereocenters. The van der Waals surface area contributed by atoms with Crippen LogP contribution in [0.4, 0.5) is 0 Å². The number of amides is 2. The van der Waals surface area contributed by atoms with Crippen LogP contribution in [-0.2, 0) is 9.59 Å². The van der Waals surface area contributed by atoms with Gasteiger partial charge in [0.2, 0.25) is 0 Å². The van der Waals surface area contributed by atoms with Crippen LogP contribution in [0.25, 0.3) is 6.08 Å². The number of nitrogens with two attached hydrogens (primary N) is 2. The number of ether oxygens (including phenoxy) is 1. The SMILES string of the molecule is CC(C)SCC[C@@H](N)C(O)C(=O)N(N)C(=O)C1=Cc2cc(Cl)ccc2OC1. The lowest BCUT2D eigenvalue weighted by Gasteiger charge is -2.25. The van der Waals surface area contributed by atoms with Crippen LogP contribution in [0.5, 0.6) is 5.75 Å². The standard InChI is InChI=1S/C18H24ClN3O4S/c1-10(2)27-6-5-14(20)16(23)18(25)22(21)17(24)12-7-11-8-13(19)3-4-15(11)26-9-12/h3-4,7-8,10,14,16,23H,5-6,9,20-21H2,1-2H3/t14-,16?/m1/s1. The van der Waals surface area contributed by atoms with E-state index in [1.54, 1.807) is 36.0 Å². The number of carbonyl (C=O) groups excluding carboxylic acids is 2. The molecule has 1 aliphatic rings. The van der Waals surface area contributed by atoms with E-state index < -0.39 is 24.0 Å². The summed E-state index contributed by atoms with van der Waals surface area (Å²) >= 11 is 7.62. The van der Waals surface area contributed by atoms with Gasteiger partial charge in [-0.2, -0.15) is 11.8 Å². The molecule has 148 valence electrons. The molecule has 9 heteroatoms. The third kappa shape index (κ3) is 5.70. The van der Waals surface area contributed by atoms with E-state index in [4.69, 9.17) is 27.9 Å². The molecule has 0 radical (unpaired) electrons. The van der Waals surface area contributed by atoms with Crippen molar-refractivity contribution in [1.29, 1.82) is 0 Å². The number of imide groups is 1. The highest BCUT2D eigenvalue weighted by molar-refractivity contribution is 7.99. The summed E-state index contributed by atoms with van der Waals surface area (Å²) < 4.78 is 5.49. The van der Waals surface area contributed by atoms with Gasteiger partial charge in [-0.25, -0.2) is 10.9 Å². The number of hydrogen-bond acceptors (Lipinski definition) is 7. The van der Waals surface area contributed by atoms with Crippen molar-refractivity contribution in [2.24, 2.45) is 11.6 Å². The molecule has 2 amide bonds.